The number of piperidine rings is 1. The zero-order valence-electron chi connectivity index (χ0n) is 23.2. The van der Waals surface area contributed by atoms with Crippen LogP contribution in [0.4, 0.5) is 14.6 Å². The predicted molar refractivity (Wildman–Crippen MR) is 152 cm³/mol. The van der Waals surface area contributed by atoms with Crippen molar-refractivity contribution in [1.82, 2.24) is 4.98 Å². The van der Waals surface area contributed by atoms with E-state index >= 15 is 0 Å². The molecule has 4 rings (SSSR count). The number of ether oxygens (including phenoxy) is 1. The van der Waals surface area contributed by atoms with Crippen molar-refractivity contribution < 1.29 is 21.9 Å². The third-order valence-corrected chi connectivity index (χ3v) is 9.36. The summed E-state index contributed by atoms with van der Waals surface area (Å²) in [5, 5.41) is 0. The minimum absolute atomic E-state index is 0.00169. The summed E-state index contributed by atoms with van der Waals surface area (Å²) in [4.78, 5) is 7.21. The standard InChI is InChI=1S/C31H38F2N2O3S/c1-5-22-15-24(6-2)31(34-18-22)35-13-11-23(12-14-35)19-38-30-28(32)16-26(17-29(30)33)25-7-9-27(10-8-25)39(36,37)20-21(3)4/h7-10,15-18,21,23H,5-6,11-14,19-20H2,1-4H3. The maximum Gasteiger partial charge on any atom is 0.190 e. The third-order valence-electron chi connectivity index (χ3n) is 7.26. The van der Waals surface area contributed by atoms with Crippen LogP contribution in [0.2, 0.25) is 0 Å². The number of pyridine rings is 1. The molecule has 8 heteroatoms. The molecule has 1 aliphatic rings. The quantitative estimate of drug-likeness (QED) is 0.273. The predicted octanol–water partition coefficient (Wildman–Crippen LogP) is 6.88. The SMILES string of the molecule is CCc1cnc(N2CCC(COc3c(F)cc(-c4ccc(S(=O)(=O)CC(C)C)cc4)cc3F)CC2)c(CC)c1. The average molecular weight is 557 g/mol. The van der Waals surface area contributed by atoms with Crippen molar-refractivity contribution in [3.05, 3.63) is 71.4 Å². The Hall–Kier alpha value is -3.00. The van der Waals surface area contributed by atoms with Gasteiger partial charge in [0.1, 0.15) is 5.82 Å². The Morgan fingerprint density at radius 2 is 1.62 bits per heavy atom. The summed E-state index contributed by atoms with van der Waals surface area (Å²) >= 11 is 0. The van der Waals surface area contributed by atoms with E-state index in [9.17, 15) is 17.2 Å². The highest BCUT2D eigenvalue weighted by Gasteiger charge is 2.24. The molecule has 1 fully saturated rings. The molecule has 0 amide bonds. The van der Waals surface area contributed by atoms with Crippen molar-refractivity contribution in [3.63, 3.8) is 0 Å². The molecule has 1 saturated heterocycles. The lowest BCUT2D eigenvalue weighted by Crippen LogP contribution is -2.36. The number of aromatic nitrogens is 1. The molecule has 1 aliphatic heterocycles. The number of hydrogen-bond acceptors (Lipinski definition) is 5. The molecular formula is C31H38F2N2O3S. The Balaban J connectivity index is 1.37. The van der Waals surface area contributed by atoms with E-state index in [1.54, 1.807) is 12.1 Å². The van der Waals surface area contributed by atoms with Crippen LogP contribution in [0.25, 0.3) is 11.1 Å². The maximum atomic E-state index is 14.9. The number of aryl methyl sites for hydroxylation is 2. The van der Waals surface area contributed by atoms with Crippen LogP contribution in [-0.4, -0.2) is 38.9 Å². The van der Waals surface area contributed by atoms with E-state index < -0.39 is 21.5 Å². The molecule has 0 atom stereocenters. The van der Waals surface area contributed by atoms with Gasteiger partial charge in [-0.2, -0.15) is 0 Å². The molecule has 1 aromatic heterocycles. The van der Waals surface area contributed by atoms with Crippen molar-refractivity contribution in [3.8, 4) is 16.9 Å². The van der Waals surface area contributed by atoms with Gasteiger partial charge in [0.2, 0.25) is 0 Å². The van der Waals surface area contributed by atoms with E-state index in [0.29, 0.717) is 11.1 Å². The number of anilines is 1. The first-order valence-corrected chi connectivity index (χ1v) is 15.4. The largest absolute Gasteiger partial charge is 0.487 e. The Bertz CT molecular complexity index is 1360. The van der Waals surface area contributed by atoms with Crippen molar-refractivity contribution in [2.24, 2.45) is 11.8 Å². The summed E-state index contributed by atoms with van der Waals surface area (Å²) in [6, 6.07) is 10.8. The van der Waals surface area contributed by atoms with Gasteiger partial charge in [0.25, 0.3) is 0 Å². The molecule has 0 bridgehead atoms. The molecule has 0 aliphatic carbocycles. The van der Waals surface area contributed by atoms with Gasteiger partial charge < -0.3 is 9.64 Å². The van der Waals surface area contributed by atoms with Gasteiger partial charge in [-0.05, 0) is 84.0 Å². The summed E-state index contributed by atoms with van der Waals surface area (Å²) in [6.07, 6.45) is 5.54. The van der Waals surface area contributed by atoms with Crippen LogP contribution in [0.5, 0.6) is 5.75 Å². The van der Waals surface area contributed by atoms with Gasteiger partial charge in [0.15, 0.2) is 27.2 Å². The molecule has 0 spiro atoms. The van der Waals surface area contributed by atoms with Crippen molar-refractivity contribution in [2.45, 2.75) is 58.3 Å². The van der Waals surface area contributed by atoms with Gasteiger partial charge in [0, 0.05) is 19.3 Å². The molecule has 2 aromatic carbocycles. The Morgan fingerprint density at radius 1 is 0.974 bits per heavy atom. The lowest BCUT2D eigenvalue weighted by Gasteiger charge is -2.34. The van der Waals surface area contributed by atoms with Crippen molar-refractivity contribution in [1.29, 1.82) is 0 Å². The number of sulfone groups is 1. The van der Waals surface area contributed by atoms with Crippen molar-refractivity contribution in [2.75, 3.05) is 30.3 Å². The molecule has 0 N–H and O–H groups in total. The van der Waals surface area contributed by atoms with E-state index in [4.69, 9.17) is 9.72 Å². The Kier molecular flexibility index (Phi) is 9.26. The minimum Gasteiger partial charge on any atom is -0.487 e. The maximum absolute atomic E-state index is 14.9. The zero-order chi connectivity index (χ0) is 28.2. The van der Waals surface area contributed by atoms with Gasteiger partial charge in [-0.25, -0.2) is 22.2 Å². The molecular weight excluding hydrogens is 518 g/mol. The normalized spacial score (nSPS) is 14.7. The fraction of sp³-hybridized carbons (Fsp3) is 0.452. The fourth-order valence-corrected chi connectivity index (χ4v) is 6.68. The average Bonchev–Trinajstić information content (AvgIpc) is 2.92. The number of halogens is 2. The smallest absolute Gasteiger partial charge is 0.190 e. The minimum atomic E-state index is -3.40. The van der Waals surface area contributed by atoms with Crippen LogP contribution in [0, 0.1) is 23.5 Å². The summed E-state index contributed by atoms with van der Waals surface area (Å²) in [5.74, 6) is -0.640. The fourth-order valence-electron chi connectivity index (χ4n) is 5.06. The van der Waals surface area contributed by atoms with Crippen LogP contribution in [0.15, 0.2) is 53.6 Å². The van der Waals surface area contributed by atoms with Gasteiger partial charge in [-0.15, -0.1) is 0 Å². The highest BCUT2D eigenvalue weighted by atomic mass is 32.2. The zero-order valence-corrected chi connectivity index (χ0v) is 24.0. The molecule has 0 unspecified atom stereocenters. The third kappa shape index (κ3) is 6.96. The van der Waals surface area contributed by atoms with Crippen LogP contribution in [0.3, 0.4) is 0 Å². The van der Waals surface area contributed by atoms with E-state index in [2.05, 4.69) is 24.8 Å². The second-order valence-corrected chi connectivity index (χ2v) is 12.8. The van der Waals surface area contributed by atoms with Gasteiger partial charge in [-0.1, -0.05) is 45.9 Å². The number of nitrogens with zero attached hydrogens (tertiary/aromatic N) is 2. The van der Waals surface area contributed by atoms with Crippen LogP contribution >= 0.6 is 0 Å². The summed E-state index contributed by atoms with van der Waals surface area (Å²) in [7, 11) is -3.40. The molecule has 5 nitrogen and oxygen atoms in total. The summed E-state index contributed by atoms with van der Waals surface area (Å²) in [6.45, 7) is 9.85. The molecule has 3 aromatic rings. The van der Waals surface area contributed by atoms with Crippen LogP contribution in [-0.2, 0) is 22.7 Å². The lowest BCUT2D eigenvalue weighted by atomic mass is 9.97. The van der Waals surface area contributed by atoms with E-state index in [0.717, 1.165) is 44.6 Å². The van der Waals surface area contributed by atoms with Crippen LogP contribution in [0.1, 0.15) is 51.7 Å². The first-order valence-electron chi connectivity index (χ1n) is 13.8. The lowest BCUT2D eigenvalue weighted by molar-refractivity contribution is 0.207. The van der Waals surface area contributed by atoms with Gasteiger partial charge in [-0.3, -0.25) is 0 Å². The molecule has 210 valence electrons. The van der Waals surface area contributed by atoms with Gasteiger partial charge in [0.05, 0.1) is 17.3 Å². The molecule has 2 heterocycles. The second-order valence-electron chi connectivity index (χ2n) is 10.7. The van der Waals surface area contributed by atoms with Gasteiger partial charge >= 0.3 is 0 Å². The topological polar surface area (TPSA) is 59.5 Å². The molecule has 0 radical (unpaired) electrons. The first kappa shape index (κ1) is 29.0. The molecule has 39 heavy (non-hydrogen) atoms. The van der Waals surface area contributed by atoms with E-state index in [1.807, 2.05) is 20.0 Å². The second kappa shape index (κ2) is 12.5. The van der Waals surface area contributed by atoms with Crippen LogP contribution < -0.4 is 9.64 Å². The highest BCUT2D eigenvalue weighted by molar-refractivity contribution is 7.91. The molecule has 0 saturated carbocycles. The Morgan fingerprint density at radius 3 is 2.18 bits per heavy atom. The Labute approximate surface area is 231 Å². The summed E-state index contributed by atoms with van der Waals surface area (Å²) < 4.78 is 60.4. The van der Waals surface area contributed by atoms with E-state index in [-0.39, 0.29) is 34.8 Å². The highest BCUT2D eigenvalue weighted by Crippen LogP contribution is 2.32. The first-order chi connectivity index (χ1) is 18.6. The summed E-state index contributed by atoms with van der Waals surface area (Å²) in [5.41, 5.74) is 3.34. The van der Waals surface area contributed by atoms with Crippen molar-refractivity contribution >= 4 is 15.7 Å². The van der Waals surface area contributed by atoms with E-state index in [1.165, 1.54) is 35.4 Å². The number of hydrogen-bond donors (Lipinski definition) is 0. The number of benzene rings is 2. The monoisotopic (exact) mass is 556 g/mol. The number of rotatable bonds is 10.